The van der Waals surface area contributed by atoms with Crippen molar-refractivity contribution in [3.05, 3.63) is 81.5 Å². The van der Waals surface area contributed by atoms with Crippen LogP contribution in [0.3, 0.4) is 0 Å². The summed E-state index contributed by atoms with van der Waals surface area (Å²) < 4.78 is 82.0. The van der Waals surface area contributed by atoms with Gasteiger partial charge in [-0.2, -0.15) is 31.4 Å². The molecule has 2 heterocycles. The number of para-hydroxylation sites is 1. The summed E-state index contributed by atoms with van der Waals surface area (Å²) in [6.45, 7) is 0.134. The van der Waals surface area contributed by atoms with E-state index in [4.69, 9.17) is 0 Å². The molecule has 3 aromatic rings. The van der Waals surface area contributed by atoms with Gasteiger partial charge in [0.2, 0.25) is 0 Å². The van der Waals surface area contributed by atoms with Crippen molar-refractivity contribution in [2.45, 2.75) is 31.1 Å². The van der Waals surface area contributed by atoms with E-state index in [1.165, 1.54) is 16.5 Å². The molecule has 0 bridgehead atoms. The van der Waals surface area contributed by atoms with Crippen molar-refractivity contribution < 1.29 is 31.1 Å². The van der Waals surface area contributed by atoms with Gasteiger partial charge in [0, 0.05) is 31.6 Å². The number of nitrogens with zero attached hydrogens (tertiary/aromatic N) is 4. The first kappa shape index (κ1) is 24.6. The van der Waals surface area contributed by atoms with Gasteiger partial charge in [-0.25, -0.2) is 14.0 Å². The van der Waals surface area contributed by atoms with Gasteiger partial charge in [0.15, 0.2) is 0 Å². The van der Waals surface area contributed by atoms with Crippen LogP contribution in [0.4, 0.5) is 26.3 Å². The summed E-state index contributed by atoms with van der Waals surface area (Å²) in [5.74, 6) is -1.04. The third kappa shape index (κ3) is 4.96. The maximum absolute atomic E-state index is 13.2. The highest BCUT2D eigenvalue weighted by molar-refractivity contribution is 5.94. The van der Waals surface area contributed by atoms with Crippen LogP contribution in [0.15, 0.2) is 53.3 Å². The van der Waals surface area contributed by atoms with Crippen molar-refractivity contribution in [1.29, 1.82) is 0 Å². The zero-order valence-corrected chi connectivity index (χ0v) is 18.4. The molecule has 0 radical (unpaired) electrons. The zero-order chi connectivity index (χ0) is 25.5. The fourth-order valence-corrected chi connectivity index (χ4v) is 4.20. The minimum atomic E-state index is -5.06. The van der Waals surface area contributed by atoms with Crippen molar-refractivity contribution in [3.63, 3.8) is 0 Å². The molecule has 1 amide bonds. The van der Waals surface area contributed by atoms with Gasteiger partial charge in [-0.3, -0.25) is 4.79 Å². The summed E-state index contributed by atoms with van der Waals surface area (Å²) in [6.07, 6.45) is -9.15. The first-order chi connectivity index (χ1) is 16.4. The lowest BCUT2D eigenvalue weighted by Gasteiger charge is -2.32. The van der Waals surface area contributed by atoms with Gasteiger partial charge in [-0.1, -0.05) is 18.2 Å². The molecule has 1 atom stereocenters. The molecule has 1 unspecified atom stereocenters. The summed E-state index contributed by atoms with van der Waals surface area (Å²) >= 11 is 0. The third-order valence-electron chi connectivity index (χ3n) is 5.87. The largest absolute Gasteiger partial charge is 0.416 e. The fraction of sp³-hybridized carbons (Fsp3) is 0.348. The molecule has 12 heteroatoms. The lowest BCUT2D eigenvalue weighted by atomic mass is 9.95. The number of hydrogen-bond donors (Lipinski definition) is 0. The summed E-state index contributed by atoms with van der Waals surface area (Å²) in [7, 11) is 1.47. The molecule has 35 heavy (non-hydrogen) atoms. The van der Waals surface area contributed by atoms with E-state index in [0.29, 0.717) is 36.5 Å². The molecule has 4 rings (SSSR count). The molecule has 1 aliphatic heterocycles. The van der Waals surface area contributed by atoms with E-state index in [9.17, 15) is 35.9 Å². The maximum atomic E-state index is 13.2. The van der Waals surface area contributed by atoms with Crippen LogP contribution in [-0.4, -0.2) is 38.2 Å². The number of piperidine rings is 1. The van der Waals surface area contributed by atoms with Crippen LogP contribution in [0.5, 0.6) is 0 Å². The SMILES string of the molecule is Cn1nc(C2CCCN(C(=O)c3cc(C(F)(F)F)cc(C(F)(F)F)c3)C2)n(-c2ccccc2)c1=O. The number of aryl methyl sites for hydroxylation is 1. The second kappa shape index (κ2) is 8.90. The molecule has 186 valence electrons. The molecule has 6 nitrogen and oxygen atoms in total. The average Bonchev–Trinajstić information content (AvgIpc) is 3.12. The van der Waals surface area contributed by atoms with Crippen LogP contribution < -0.4 is 5.69 Å². The Bertz CT molecular complexity index is 1260. The molecule has 0 spiro atoms. The van der Waals surface area contributed by atoms with Gasteiger partial charge in [0.05, 0.1) is 16.8 Å². The Morgan fingerprint density at radius 2 is 1.57 bits per heavy atom. The Hall–Kier alpha value is -3.57. The van der Waals surface area contributed by atoms with Crippen LogP contribution in [0, 0.1) is 0 Å². The number of hydrogen-bond acceptors (Lipinski definition) is 3. The maximum Gasteiger partial charge on any atom is 0.416 e. The Kier molecular flexibility index (Phi) is 6.24. The van der Waals surface area contributed by atoms with Crippen LogP contribution in [-0.2, 0) is 19.4 Å². The average molecular weight is 498 g/mol. The van der Waals surface area contributed by atoms with Gasteiger partial charge >= 0.3 is 18.0 Å². The van der Waals surface area contributed by atoms with Crippen molar-refractivity contribution in [2.75, 3.05) is 13.1 Å². The minimum Gasteiger partial charge on any atom is -0.338 e. The summed E-state index contributed by atoms with van der Waals surface area (Å²) in [5, 5.41) is 4.30. The first-order valence-electron chi connectivity index (χ1n) is 10.7. The standard InChI is InChI=1S/C23H20F6N4O2/c1-31-21(35)33(18-7-3-2-4-8-18)19(30-31)14-6-5-9-32(13-14)20(34)15-10-16(22(24,25)26)12-17(11-15)23(27,28)29/h2-4,7-8,10-12,14H,5-6,9,13H2,1H3. The van der Waals surface area contributed by atoms with E-state index in [-0.39, 0.29) is 19.2 Å². The molecule has 1 fully saturated rings. The molecule has 1 aliphatic rings. The van der Waals surface area contributed by atoms with E-state index < -0.39 is 46.6 Å². The number of halogens is 6. The highest BCUT2D eigenvalue weighted by Gasteiger charge is 2.38. The molecule has 0 aliphatic carbocycles. The second-order valence-electron chi connectivity index (χ2n) is 8.32. The second-order valence-corrected chi connectivity index (χ2v) is 8.32. The van der Waals surface area contributed by atoms with Crippen molar-refractivity contribution in [3.8, 4) is 5.69 Å². The van der Waals surface area contributed by atoms with E-state index in [1.807, 2.05) is 0 Å². The van der Waals surface area contributed by atoms with Crippen LogP contribution in [0.1, 0.15) is 46.1 Å². The Labute approximate surface area is 195 Å². The topological polar surface area (TPSA) is 60.1 Å². The Morgan fingerprint density at radius 3 is 2.14 bits per heavy atom. The smallest absolute Gasteiger partial charge is 0.338 e. The highest BCUT2D eigenvalue weighted by atomic mass is 19.4. The molecular formula is C23H20F6N4O2. The van der Waals surface area contributed by atoms with Gasteiger partial charge < -0.3 is 4.90 Å². The number of likely N-dealkylation sites (tertiary alicyclic amines) is 1. The first-order valence-corrected chi connectivity index (χ1v) is 10.7. The molecule has 0 saturated carbocycles. The summed E-state index contributed by atoms with van der Waals surface area (Å²) in [5.41, 5.74) is -3.66. The molecule has 0 N–H and O–H groups in total. The minimum absolute atomic E-state index is 0.0117. The number of alkyl halides is 6. The summed E-state index contributed by atoms with van der Waals surface area (Å²) in [6, 6.07) is 9.52. The number of aromatic nitrogens is 3. The van der Waals surface area contributed by atoms with Crippen LogP contribution in [0.2, 0.25) is 0 Å². The van der Waals surface area contributed by atoms with Crippen molar-refractivity contribution in [1.82, 2.24) is 19.2 Å². The van der Waals surface area contributed by atoms with Gasteiger partial charge in [-0.15, -0.1) is 0 Å². The summed E-state index contributed by atoms with van der Waals surface area (Å²) in [4.78, 5) is 27.0. The van der Waals surface area contributed by atoms with E-state index in [1.54, 1.807) is 30.3 Å². The normalized spacial score (nSPS) is 17.0. The predicted molar refractivity (Wildman–Crippen MR) is 113 cm³/mol. The number of carbonyl (C=O) groups is 1. The van der Waals surface area contributed by atoms with Crippen molar-refractivity contribution >= 4 is 5.91 Å². The van der Waals surface area contributed by atoms with Gasteiger partial charge in [0.25, 0.3) is 5.91 Å². The lowest BCUT2D eigenvalue weighted by Crippen LogP contribution is -2.40. The number of rotatable bonds is 3. The number of amides is 1. The molecule has 1 saturated heterocycles. The van der Waals surface area contributed by atoms with E-state index in [0.717, 1.165) is 4.68 Å². The van der Waals surface area contributed by atoms with Gasteiger partial charge in [-0.05, 0) is 43.2 Å². The van der Waals surface area contributed by atoms with E-state index >= 15 is 0 Å². The zero-order valence-electron chi connectivity index (χ0n) is 18.4. The predicted octanol–water partition coefficient (Wildman–Crippen LogP) is 4.63. The number of benzene rings is 2. The molecule has 2 aromatic carbocycles. The molecular weight excluding hydrogens is 478 g/mol. The molecule has 1 aromatic heterocycles. The fourth-order valence-electron chi connectivity index (χ4n) is 4.20. The van der Waals surface area contributed by atoms with Gasteiger partial charge in [0.1, 0.15) is 5.82 Å². The quantitative estimate of drug-likeness (QED) is 0.495. The van der Waals surface area contributed by atoms with Crippen LogP contribution in [0.25, 0.3) is 5.69 Å². The monoisotopic (exact) mass is 498 g/mol. The van der Waals surface area contributed by atoms with Crippen molar-refractivity contribution in [2.24, 2.45) is 7.05 Å². The Balaban J connectivity index is 1.68. The number of carbonyl (C=O) groups excluding carboxylic acids is 1. The van der Waals surface area contributed by atoms with E-state index in [2.05, 4.69) is 5.10 Å². The third-order valence-corrected chi connectivity index (χ3v) is 5.87. The lowest BCUT2D eigenvalue weighted by molar-refractivity contribution is -0.143. The Morgan fingerprint density at radius 1 is 0.971 bits per heavy atom. The van der Waals surface area contributed by atoms with Crippen LogP contribution >= 0.6 is 0 Å². The highest BCUT2D eigenvalue weighted by Crippen LogP contribution is 2.37.